The first-order chi connectivity index (χ1) is 32.0. The first kappa shape index (κ1) is 64.5. The lowest BCUT2D eigenvalue weighted by atomic mass is 10.0. The van der Waals surface area contributed by atoms with Crippen LogP contribution in [-0.4, -0.2) is 73.4 Å². The Bertz CT molecular complexity index is 1210. The summed E-state index contributed by atoms with van der Waals surface area (Å²) >= 11 is 0. The highest BCUT2D eigenvalue weighted by Crippen LogP contribution is 2.43. The topological polar surface area (TPSA) is 105 Å². The van der Waals surface area contributed by atoms with E-state index >= 15 is 0 Å². The van der Waals surface area contributed by atoms with Crippen LogP contribution in [0.3, 0.4) is 0 Å². The Morgan fingerprint density at radius 1 is 0.515 bits per heavy atom. The number of nitrogens with one attached hydrogen (secondary N) is 1. The maximum absolute atomic E-state index is 12.8. The zero-order chi connectivity index (χ0) is 48.5. The van der Waals surface area contributed by atoms with Gasteiger partial charge in [-0.2, -0.15) is 0 Å². The number of aliphatic hydroxyl groups excluding tert-OH is 1. The smallest absolute Gasteiger partial charge is 0.387 e. The van der Waals surface area contributed by atoms with E-state index in [1.54, 1.807) is 6.08 Å². The molecular formula is C57H110N2O6P+. The fourth-order valence-corrected chi connectivity index (χ4v) is 8.84. The highest BCUT2D eigenvalue weighted by atomic mass is 31.2. The van der Waals surface area contributed by atoms with Gasteiger partial charge in [0.15, 0.2) is 0 Å². The second kappa shape index (κ2) is 48.5. The van der Waals surface area contributed by atoms with Gasteiger partial charge in [-0.3, -0.25) is 13.8 Å². The van der Waals surface area contributed by atoms with Gasteiger partial charge in [0.1, 0.15) is 13.2 Å². The van der Waals surface area contributed by atoms with Crippen molar-refractivity contribution < 1.29 is 32.9 Å². The maximum atomic E-state index is 12.8. The molecular weight excluding hydrogens is 840 g/mol. The van der Waals surface area contributed by atoms with Crippen molar-refractivity contribution in [3.05, 3.63) is 48.6 Å². The lowest BCUT2D eigenvalue weighted by Crippen LogP contribution is -2.45. The Hall–Kier alpha value is -1.54. The normalized spacial score (nSPS) is 14.3. The van der Waals surface area contributed by atoms with Gasteiger partial charge < -0.3 is 19.8 Å². The summed E-state index contributed by atoms with van der Waals surface area (Å²) in [4.78, 5) is 23.0. The summed E-state index contributed by atoms with van der Waals surface area (Å²) in [6, 6.07) is -0.841. The van der Waals surface area contributed by atoms with E-state index in [9.17, 15) is 19.4 Å². The minimum atomic E-state index is -4.32. The average molecular weight is 950 g/mol. The van der Waals surface area contributed by atoms with Crippen LogP contribution in [-0.2, 0) is 18.4 Å². The molecule has 8 nitrogen and oxygen atoms in total. The van der Waals surface area contributed by atoms with E-state index in [0.29, 0.717) is 17.4 Å². The summed E-state index contributed by atoms with van der Waals surface area (Å²) in [6.07, 6.45) is 64.4. The molecule has 388 valence electrons. The van der Waals surface area contributed by atoms with E-state index in [4.69, 9.17) is 9.05 Å². The number of hydrogen-bond acceptors (Lipinski definition) is 5. The van der Waals surface area contributed by atoms with Crippen molar-refractivity contribution in [3.8, 4) is 0 Å². The number of likely N-dealkylation sites (N-methyl/N-ethyl adjacent to an activating group) is 1. The number of hydrogen-bond donors (Lipinski definition) is 3. The second-order valence-electron chi connectivity index (χ2n) is 20.3. The van der Waals surface area contributed by atoms with Crippen LogP contribution >= 0.6 is 7.82 Å². The number of unbranched alkanes of at least 4 members (excludes halogenated alkanes) is 32. The molecule has 3 atom stereocenters. The molecule has 0 saturated heterocycles. The lowest BCUT2D eigenvalue weighted by molar-refractivity contribution is -0.870. The number of phosphoric acid groups is 1. The fourth-order valence-electron chi connectivity index (χ4n) is 8.11. The molecule has 0 aromatic carbocycles. The molecule has 0 spiro atoms. The number of aliphatic hydroxyl groups is 1. The van der Waals surface area contributed by atoms with Crippen molar-refractivity contribution in [1.29, 1.82) is 0 Å². The fraction of sp³-hybridized carbons (Fsp3) is 0.842. The third-order valence-corrected chi connectivity index (χ3v) is 13.5. The highest BCUT2D eigenvalue weighted by molar-refractivity contribution is 7.47. The van der Waals surface area contributed by atoms with Crippen LogP contribution in [0.5, 0.6) is 0 Å². The van der Waals surface area contributed by atoms with Crippen LogP contribution in [0.1, 0.15) is 258 Å². The van der Waals surface area contributed by atoms with Crippen molar-refractivity contribution in [1.82, 2.24) is 5.32 Å². The van der Waals surface area contributed by atoms with Crippen LogP contribution in [0.4, 0.5) is 0 Å². The maximum Gasteiger partial charge on any atom is 0.472 e. The van der Waals surface area contributed by atoms with E-state index < -0.39 is 20.0 Å². The standard InChI is InChI=1S/C57H109N2O6P/c1-6-8-10-12-13-14-15-16-17-18-19-20-21-22-23-24-25-26-27-28-29-30-31-32-33-34-35-36-37-38-39-40-41-42-43-44-45-47-49-51-57(61)58-55(56(60)50-48-46-11-9-7-2)54-65-66(62,63)64-53-52-59(3,4)5/h15-16,18-19,21-22,48,50,55-56,60H,6-14,17,20,23-47,49,51-54H2,1-5H3,(H-,58,61,62,63)/p+1/b16-15-,19-18-,22-21-,50-48+. The summed E-state index contributed by atoms with van der Waals surface area (Å²) in [5.74, 6) is -0.182. The predicted molar refractivity (Wildman–Crippen MR) is 286 cm³/mol. The van der Waals surface area contributed by atoms with Gasteiger partial charge in [-0.05, 0) is 57.8 Å². The summed E-state index contributed by atoms with van der Waals surface area (Å²) in [6.45, 7) is 4.70. The van der Waals surface area contributed by atoms with Crippen molar-refractivity contribution in [3.63, 3.8) is 0 Å². The highest BCUT2D eigenvalue weighted by Gasteiger charge is 2.27. The first-order valence-electron chi connectivity index (χ1n) is 28.0. The SMILES string of the molecule is CCCCC/C=C/C(O)C(COP(=O)(O)OCC[N+](C)(C)C)NC(=O)CCCCCCCCCCCCCCCCCCCCCCCCCC/C=C\C/C=C\C/C=C\CCCCCCC. The number of amides is 1. The molecule has 9 heteroatoms. The van der Waals surface area contributed by atoms with Gasteiger partial charge in [0.25, 0.3) is 0 Å². The van der Waals surface area contributed by atoms with Crippen molar-refractivity contribution >= 4 is 13.7 Å². The van der Waals surface area contributed by atoms with Crippen LogP contribution in [0.2, 0.25) is 0 Å². The van der Waals surface area contributed by atoms with Crippen LogP contribution in [0.25, 0.3) is 0 Å². The molecule has 0 aliphatic heterocycles. The first-order valence-corrected chi connectivity index (χ1v) is 29.5. The molecule has 3 N–H and O–H groups in total. The van der Waals surface area contributed by atoms with E-state index in [1.165, 1.54) is 180 Å². The minimum Gasteiger partial charge on any atom is -0.387 e. The second-order valence-corrected chi connectivity index (χ2v) is 21.8. The Labute approximate surface area is 409 Å². The van der Waals surface area contributed by atoms with Gasteiger partial charge in [-0.15, -0.1) is 0 Å². The Kier molecular flexibility index (Phi) is 47.4. The Morgan fingerprint density at radius 2 is 0.864 bits per heavy atom. The molecule has 0 fully saturated rings. The van der Waals surface area contributed by atoms with Crippen LogP contribution in [0.15, 0.2) is 48.6 Å². The van der Waals surface area contributed by atoms with Crippen molar-refractivity contribution in [2.24, 2.45) is 0 Å². The van der Waals surface area contributed by atoms with Gasteiger partial charge in [0, 0.05) is 6.42 Å². The molecule has 3 unspecified atom stereocenters. The van der Waals surface area contributed by atoms with Gasteiger partial charge >= 0.3 is 7.82 Å². The average Bonchev–Trinajstić information content (AvgIpc) is 3.27. The number of allylic oxidation sites excluding steroid dienone is 7. The summed E-state index contributed by atoms with van der Waals surface area (Å²) in [5.41, 5.74) is 0. The zero-order valence-electron chi connectivity index (χ0n) is 44.2. The van der Waals surface area contributed by atoms with Crippen molar-refractivity contribution in [2.45, 2.75) is 270 Å². The molecule has 0 aromatic rings. The Morgan fingerprint density at radius 3 is 1.29 bits per heavy atom. The van der Waals surface area contributed by atoms with E-state index in [0.717, 1.165) is 57.8 Å². The molecule has 0 aromatic heterocycles. The number of carbonyl (C=O) groups is 1. The Balaban J connectivity index is 3.69. The number of quaternary nitrogens is 1. The third-order valence-electron chi connectivity index (χ3n) is 12.5. The molecule has 0 heterocycles. The van der Waals surface area contributed by atoms with Gasteiger partial charge in [0.2, 0.25) is 5.91 Å². The lowest BCUT2D eigenvalue weighted by Gasteiger charge is -2.25. The third kappa shape index (κ3) is 50.3. The molecule has 0 aliphatic carbocycles. The summed E-state index contributed by atoms with van der Waals surface area (Å²) < 4.78 is 23.4. The van der Waals surface area contributed by atoms with Gasteiger partial charge in [-0.25, -0.2) is 4.57 Å². The molecule has 66 heavy (non-hydrogen) atoms. The number of rotatable bonds is 51. The van der Waals surface area contributed by atoms with Crippen LogP contribution < -0.4 is 5.32 Å². The number of nitrogens with zero attached hydrogens (tertiary/aromatic N) is 1. The number of carbonyl (C=O) groups excluding carboxylic acids is 1. The van der Waals surface area contributed by atoms with Gasteiger partial charge in [-0.1, -0.05) is 242 Å². The molecule has 0 rings (SSSR count). The van der Waals surface area contributed by atoms with Crippen LogP contribution in [0, 0.1) is 0 Å². The minimum absolute atomic E-state index is 0.0614. The largest absolute Gasteiger partial charge is 0.472 e. The molecule has 0 saturated carbocycles. The van der Waals surface area contributed by atoms with Crippen molar-refractivity contribution in [2.75, 3.05) is 40.9 Å². The van der Waals surface area contributed by atoms with E-state index in [1.807, 2.05) is 27.2 Å². The summed E-state index contributed by atoms with van der Waals surface area (Å²) in [7, 11) is 1.57. The van der Waals surface area contributed by atoms with E-state index in [2.05, 4.69) is 55.6 Å². The molecule has 0 radical (unpaired) electrons. The molecule has 0 aliphatic rings. The zero-order valence-corrected chi connectivity index (χ0v) is 45.1. The number of phosphoric ester groups is 1. The predicted octanol–water partition coefficient (Wildman–Crippen LogP) is 16.8. The molecule has 0 bridgehead atoms. The molecule has 1 amide bonds. The van der Waals surface area contributed by atoms with E-state index in [-0.39, 0.29) is 19.1 Å². The monoisotopic (exact) mass is 950 g/mol. The van der Waals surface area contributed by atoms with Gasteiger partial charge in [0.05, 0.1) is 39.9 Å². The quantitative estimate of drug-likeness (QED) is 0.0243. The summed E-state index contributed by atoms with van der Waals surface area (Å²) in [5, 5.41) is 13.6.